The summed E-state index contributed by atoms with van der Waals surface area (Å²) in [6, 6.07) is 7.57. The Kier molecular flexibility index (Phi) is 5.65. The van der Waals surface area contributed by atoms with Gasteiger partial charge in [-0.1, -0.05) is 12.1 Å². The summed E-state index contributed by atoms with van der Waals surface area (Å²) in [5.41, 5.74) is 0.665. The molecule has 29 heavy (non-hydrogen) atoms. The van der Waals surface area contributed by atoms with Gasteiger partial charge in [-0.2, -0.15) is 0 Å². The van der Waals surface area contributed by atoms with E-state index >= 15 is 0 Å². The van der Waals surface area contributed by atoms with Gasteiger partial charge in [-0.05, 0) is 44.7 Å². The summed E-state index contributed by atoms with van der Waals surface area (Å²) in [6.07, 6.45) is 4.23. The first kappa shape index (κ1) is 19.6. The number of carbonyl (C=O) groups is 2. The van der Waals surface area contributed by atoms with Gasteiger partial charge >= 0.3 is 5.97 Å². The summed E-state index contributed by atoms with van der Waals surface area (Å²) in [7, 11) is 0. The normalized spacial score (nSPS) is 19.3. The number of nitrogens with zero attached hydrogens (tertiary/aromatic N) is 3. The van der Waals surface area contributed by atoms with E-state index in [4.69, 9.17) is 9.72 Å². The van der Waals surface area contributed by atoms with Gasteiger partial charge in [-0.15, -0.1) is 0 Å². The SMILES string of the molecule is CCOC(=O)C1CCCN(C(=O)CCc2nc3ccccc3c(=O)n2C2CC2)C1. The zero-order valence-corrected chi connectivity index (χ0v) is 16.8. The Balaban J connectivity index is 1.48. The van der Waals surface area contributed by atoms with E-state index in [1.807, 2.05) is 24.3 Å². The van der Waals surface area contributed by atoms with Crippen LogP contribution >= 0.6 is 0 Å². The number of hydrogen-bond acceptors (Lipinski definition) is 5. The van der Waals surface area contributed by atoms with E-state index in [-0.39, 0.29) is 35.8 Å². The lowest BCUT2D eigenvalue weighted by Crippen LogP contribution is -2.43. The zero-order chi connectivity index (χ0) is 20.4. The van der Waals surface area contributed by atoms with Crippen molar-refractivity contribution >= 4 is 22.8 Å². The lowest BCUT2D eigenvalue weighted by atomic mass is 9.98. The average molecular weight is 397 g/mol. The second-order valence-corrected chi connectivity index (χ2v) is 7.88. The Morgan fingerprint density at radius 1 is 1.21 bits per heavy atom. The summed E-state index contributed by atoms with van der Waals surface area (Å²) >= 11 is 0. The predicted octanol–water partition coefficient (Wildman–Crippen LogP) is 2.47. The Morgan fingerprint density at radius 2 is 2.00 bits per heavy atom. The summed E-state index contributed by atoms with van der Waals surface area (Å²) in [5, 5.41) is 0.628. The number of esters is 1. The Bertz CT molecular complexity index is 980. The van der Waals surface area contributed by atoms with Crippen molar-refractivity contribution in [2.45, 2.75) is 51.5 Å². The van der Waals surface area contributed by atoms with E-state index in [0.717, 1.165) is 25.7 Å². The largest absolute Gasteiger partial charge is 0.466 e. The molecule has 1 aliphatic carbocycles. The summed E-state index contributed by atoms with van der Waals surface area (Å²) in [4.78, 5) is 44.2. The van der Waals surface area contributed by atoms with Gasteiger partial charge in [0.1, 0.15) is 5.82 Å². The number of aryl methyl sites for hydroxylation is 1. The van der Waals surface area contributed by atoms with Crippen molar-refractivity contribution in [2.75, 3.05) is 19.7 Å². The van der Waals surface area contributed by atoms with Crippen molar-refractivity contribution in [1.29, 1.82) is 0 Å². The van der Waals surface area contributed by atoms with Gasteiger partial charge < -0.3 is 9.64 Å². The van der Waals surface area contributed by atoms with Crippen molar-refractivity contribution in [2.24, 2.45) is 5.92 Å². The van der Waals surface area contributed by atoms with Gasteiger partial charge in [-0.3, -0.25) is 19.0 Å². The lowest BCUT2D eigenvalue weighted by molar-refractivity contribution is -0.151. The third-order valence-corrected chi connectivity index (χ3v) is 5.75. The van der Waals surface area contributed by atoms with Crippen LogP contribution in [0.4, 0.5) is 0 Å². The molecule has 4 rings (SSSR count). The summed E-state index contributed by atoms with van der Waals surface area (Å²) < 4.78 is 6.90. The summed E-state index contributed by atoms with van der Waals surface area (Å²) in [6.45, 7) is 3.22. The van der Waals surface area contributed by atoms with Gasteiger partial charge in [0.15, 0.2) is 0 Å². The average Bonchev–Trinajstić information content (AvgIpc) is 3.57. The molecule has 1 saturated carbocycles. The number of para-hydroxylation sites is 1. The molecular formula is C22H27N3O4. The van der Waals surface area contributed by atoms with E-state index in [1.54, 1.807) is 16.4 Å². The molecule has 1 aliphatic heterocycles. The molecule has 0 bridgehead atoms. The quantitative estimate of drug-likeness (QED) is 0.700. The lowest BCUT2D eigenvalue weighted by Gasteiger charge is -2.31. The minimum absolute atomic E-state index is 0.00348. The molecule has 2 aromatic rings. The highest BCUT2D eigenvalue weighted by Crippen LogP contribution is 2.35. The van der Waals surface area contributed by atoms with Crippen LogP contribution in [0.25, 0.3) is 10.9 Å². The number of hydrogen-bond donors (Lipinski definition) is 0. The predicted molar refractivity (Wildman–Crippen MR) is 109 cm³/mol. The van der Waals surface area contributed by atoms with E-state index in [0.29, 0.717) is 42.8 Å². The Morgan fingerprint density at radius 3 is 2.76 bits per heavy atom. The monoisotopic (exact) mass is 397 g/mol. The minimum Gasteiger partial charge on any atom is -0.466 e. The number of likely N-dealkylation sites (tertiary alicyclic amines) is 1. The van der Waals surface area contributed by atoms with Crippen LogP contribution in [-0.4, -0.2) is 46.0 Å². The maximum absolute atomic E-state index is 12.9. The molecule has 1 atom stereocenters. The van der Waals surface area contributed by atoms with Crippen LogP contribution in [-0.2, 0) is 20.7 Å². The topological polar surface area (TPSA) is 81.5 Å². The number of amides is 1. The number of ether oxygens (including phenoxy) is 1. The number of fused-ring (bicyclic) bond motifs is 1. The molecule has 2 fully saturated rings. The van der Waals surface area contributed by atoms with E-state index in [1.165, 1.54) is 0 Å². The van der Waals surface area contributed by atoms with Gasteiger partial charge in [-0.25, -0.2) is 4.98 Å². The van der Waals surface area contributed by atoms with Crippen molar-refractivity contribution in [3.05, 3.63) is 40.4 Å². The molecular weight excluding hydrogens is 370 g/mol. The van der Waals surface area contributed by atoms with Crippen LogP contribution in [0, 0.1) is 5.92 Å². The maximum Gasteiger partial charge on any atom is 0.310 e. The fraction of sp³-hybridized carbons (Fsp3) is 0.545. The molecule has 7 heteroatoms. The van der Waals surface area contributed by atoms with Gasteiger partial charge in [0.05, 0.1) is 23.4 Å². The molecule has 0 N–H and O–H groups in total. The second-order valence-electron chi connectivity index (χ2n) is 7.88. The molecule has 1 saturated heterocycles. The van der Waals surface area contributed by atoms with Gasteiger partial charge in [0.2, 0.25) is 5.91 Å². The molecule has 1 aromatic heterocycles. The molecule has 2 aliphatic rings. The van der Waals surface area contributed by atoms with Crippen molar-refractivity contribution in [3.8, 4) is 0 Å². The van der Waals surface area contributed by atoms with Crippen LogP contribution in [0.15, 0.2) is 29.1 Å². The second kappa shape index (κ2) is 8.35. The maximum atomic E-state index is 12.9. The Labute approximate surface area is 169 Å². The highest BCUT2D eigenvalue weighted by atomic mass is 16.5. The van der Waals surface area contributed by atoms with Crippen LogP contribution < -0.4 is 5.56 Å². The van der Waals surface area contributed by atoms with Crippen LogP contribution in [0.1, 0.15) is 50.9 Å². The Hall–Kier alpha value is -2.70. The first-order valence-electron chi connectivity index (χ1n) is 10.5. The number of aromatic nitrogens is 2. The fourth-order valence-electron chi connectivity index (χ4n) is 4.11. The van der Waals surface area contributed by atoms with Crippen LogP contribution in [0.2, 0.25) is 0 Å². The highest BCUT2D eigenvalue weighted by molar-refractivity contribution is 5.79. The van der Waals surface area contributed by atoms with Crippen molar-refractivity contribution < 1.29 is 14.3 Å². The highest BCUT2D eigenvalue weighted by Gasteiger charge is 2.31. The van der Waals surface area contributed by atoms with Gasteiger partial charge in [0.25, 0.3) is 5.56 Å². The fourth-order valence-corrected chi connectivity index (χ4v) is 4.11. The molecule has 1 aromatic carbocycles. The van der Waals surface area contributed by atoms with Crippen LogP contribution in [0.3, 0.4) is 0 Å². The van der Waals surface area contributed by atoms with Gasteiger partial charge in [0, 0.05) is 32.0 Å². The van der Waals surface area contributed by atoms with E-state index in [2.05, 4.69) is 0 Å². The molecule has 0 spiro atoms. The third kappa shape index (κ3) is 4.18. The molecule has 7 nitrogen and oxygen atoms in total. The molecule has 2 heterocycles. The molecule has 0 radical (unpaired) electrons. The first-order chi connectivity index (χ1) is 14.1. The first-order valence-corrected chi connectivity index (χ1v) is 10.5. The number of carbonyl (C=O) groups excluding carboxylic acids is 2. The van der Waals surface area contributed by atoms with Crippen molar-refractivity contribution in [1.82, 2.24) is 14.5 Å². The smallest absolute Gasteiger partial charge is 0.310 e. The molecule has 1 amide bonds. The minimum atomic E-state index is -0.240. The zero-order valence-electron chi connectivity index (χ0n) is 16.8. The van der Waals surface area contributed by atoms with Crippen molar-refractivity contribution in [3.63, 3.8) is 0 Å². The molecule has 154 valence electrons. The van der Waals surface area contributed by atoms with E-state index in [9.17, 15) is 14.4 Å². The summed E-state index contributed by atoms with van der Waals surface area (Å²) in [5.74, 6) is 0.229. The third-order valence-electron chi connectivity index (χ3n) is 5.75. The van der Waals surface area contributed by atoms with Crippen LogP contribution in [0.5, 0.6) is 0 Å². The van der Waals surface area contributed by atoms with E-state index < -0.39 is 0 Å². The number of rotatable bonds is 6. The number of benzene rings is 1. The molecule has 1 unspecified atom stereocenters. The standard InChI is InChI=1S/C22H27N3O4/c1-2-29-22(28)15-6-5-13-24(14-15)20(26)12-11-19-23-18-8-4-3-7-17(18)21(27)25(19)16-9-10-16/h3-4,7-8,15-16H,2,5-6,9-14H2,1H3. The number of piperidine rings is 1.